The van der Waals surface area contributed by atoms with Crippen LogP contribution in [-0.4, -0.2) is 23.3 Å². The molecule has 106 valence electrons. The fraction of sp³-hybridized carbons (Fsp3) is 0.429. The van der Waals surface area contributed by atoms with Crippen LogP contribution in [0.15, 0.2) is 22.7 Å². The van der Waals surface area contributed by atoms with Crippen molar-refractivity contribution in [3.63, 3.8) is 0 Å². The maximum absolute atomic E-state index is 6.06. The van der Waals surface area contributed by atoms with Gasteiger partial charge in [0.25, 0.3) is 0 Å². The zero-order chi connectivity index (χ0) is 14.1. The van der Waals surface area contributed by atoms with Gasteiger partial charge < -0.3 is 15.0 Å². The molecule has 0 amide bonds. The number of nitrogens with zero attached hydrogens (tertiary/aromatic N) is 2. The normalized spacial score (nSPS) is 22.1. The van der Waals surface area contributed by atoms with Crippen LogP contribution < -0.4 is 10.5 Å². The molecule has 1 aromatic carbocycles. The Balaban J connectivity index is 1.94. The third-order valence-electron chi connectivity index (χ3n) is 3.73. The lowest BCUT2D eigenvalue weighted by molar-refractivity contribution is 0.345. The third kappa shape index (κ3) is 2.39. The number of ether oxygens (including phenoxy) is 1. The molecule has 0 spiro atoms. The summed E-state index contributed by atoms with van der Waals surface area (Å²) in [5, 5.41) is 4.64. The summed E-state index contributed by atoms with van der Waals surface area (Å²) in [5.74, 6) is 1.91. The van der Waals surface area contributed by atoms with Crippen molar-refractivity contribution in [1.29, 1.82) is 0 Å². The van der Waals surface area contributed by atoms with Crippen molar-refractivity contribution in [2.45, 2.75) is 31.2 Å². The highest BCUT2D eigenvalue weighted by molar-refractivity contribution is 6.30. The van der Waals surface area contributed by atoms with Crippen molar-refractivity contribution in [3.05, 3.63) is 29.1 Å². The molecule has 1 aromatic heterocycles. The minimum Gasteiger partial charge on any atom is -0.496 e. The number of hydrogen-bond acceptors (Lipinski definition) is 5. The number of methoxy groups -OCH3 is 1. The lowest BCUT2D eigenvalue weighted by Crippen LogP contribution is -2.22. The van der Waals surface area contributed by atoms with Gasteiger partial charge >= 0.3 is 0 Å². The summed E-state index contributed by atoms with van der Waals surface area (Å²) in [7, 11) is 1.59. The maximum atomic E-state index is 6.06. The number of rotatable bonds is 3. The summed E-state index contributed by atoms with van der Waals surface area (Å²) in [5.41, 5.74) is 6.83. The smallest absolute Gasteiger partial charge is 0.231 e. The number of aromatic nitrogens is 2. The Morgan fingerprint density at radius 2 is 2.25 bits per heavy atom. The van der Waals surface area contributed by atoms with E-state index in [-0.39, 0.29) is 12.0 Å². The van der Waals surface area contributed by atoms with Crippen LogP contribution in [0.3, 0.4) is 0 Å². The number of halogens is 1. The van der Waals surface area contributed by atoms with E-state index < -0.39 is 0 Å². The van der Waals surface area contributed by atoms with E-state index in [1.165, 1.54) is 0 Å². The molecular formula is C14H16ClN3O2. The SMILES string of the molecule is COc1cc(Cl)ccc1-c1noc(C2CCCC2N)n1. The van der Waals surface area contributed by atoms with E-state index in [1.807, 2.05) is 6.07 Å². The fourth-order valence-electron chi connectivity index (χ4n) is 2.64. The zero-order valence-electron chi connectivity index (χ0n) is 11.2. The molecule has 3 rings (SSSR count). The van der Waals surface area contributed by atoms with E-state index in [0.29, 0.717) is 22.5 Å². The monoisotopic (exact) mass is 293 g/mol. The Kier molecular flexibility index (Phi) is 3.63. The summed E-state index contributed by atoms with van der Waals surface area (Å²) >= 11 is 5.95. The highest BCUT2D eigenvalue weighted by atomic mass is 35.5. The van der Waals surface area contributed by atoms with E-state index in [4.69, 9.17) is 26.6 Å². The molecule has 2 unspecified atom stereocenters. The van der Waals surface area contributed by atoms with Crippen molar-refractivity contribution in [3.8, 4) is 17.1 Å². The Bertz CT molecular complexity index is 614. The Hall–Kier alpha value is -1.59. The molecule has 2 N–H and O–H groups in total. The second kappa shape index (κ2) is 5.42. The van der Waals surface area contributed by atoms with Gasteiger partial charge in [-0.25, -0.2) is 0 Å². The minimum absolute atomic E-state index is 0.107. The van der Waals surface area contributed by atoms with Gasteiger partial charge in [-0.1, -0.05) is 23.2 Å². The van der Waals surface area contributed by atoms with E-state index in [1.54, 1.807) is 19.2 Å². The van der Waals surface area contributed by atoms with Crippen molar-refractivity contribution in [1.82, 2.24) is 10.1 Å². The summed E-state index contributed by atoms with van der Waals surface area (Å²) in [6.45, 7) is 0. The molecule has 0 bridgehead atoms. The average molecular weight is 294 g/mol. The molecule has 1 fully saturated rings. The first-order chi connectivity index (χ1) is 9.69. The third-order valence-corrected chi connectivity index (χ3v) is 3.97. The lowest BCUT2D eigenvalue weighted by atomic mass is 10.1. The van der Waals surface area contributed by atoms with Gasteiger partial charge in [0, 0.05) is 11.1 Å². The van der Waals surface area contributed by atoms with Crippen LogP contribution in [-0.2, 0) is 0 Å². The standard InChI is InChI=1S/C14H16ClN3O2/c1-19-12-7-8(15)5-6-10(12)13-17-14(20-18-13)9-3-2-4-11(9)16/h5-7,9,11H,2-4,16H2,1H3. The van der Waals surface area contributed by atoms with Gasteiger partial charge in [-0.05, 0) is 31.0 Å². The van der Waals surface area contributed by atoms with Gasteiger partial charge in [0.2, 0.25) is 11.7 Å². The topological polar surface area (TPSA) is 74.2 Å². The second-order valence-corrected chi connectivity index (χ2v) is 5.44. The van der Waals surface area contributed by atoms with Crippen LogP contribution in [0.1, 0.15) is 31.1 Å². The van der Waals surface area contributed by atoms with Crippen molar-refractivity contribution in [2.75, 3.05) is 7.11 Å². The Labute approximate surface area is 122 Å². The second-order valence-electron chi connectivity index (χ2n) is 5.00. The van der Waals surface area contributed by atoms with Crippen LogP contribution in [0.2, 0.25) is 5.02 Å². The highest BCUT2D eigenvalue weighted by Gasteiger charge is 2.30. The van der Waals surface area contributed by atoms with Crippen LogP contribution >= 0.6 is 11.6 Å². The van der Waals surface area contributed by atoms with Crippen LogP contribution in [0.25, 0.3) is 11.4 Å². The first-order valence-corrected chi connectivity index (χ1v) is 7.00. The van der Waals surface area contributed by atoms with Gasteiger partial charge in [-0.15, -0.1) is 0 Å². The molecule has 1 heterocycles. The summed E-state index contributed by atoms with van der Waals surface area (Å²) < 4.78 is 10.7. The molecular weight excluding hydrogens is 278 g/mol. The van der Waals surface area contributed by atoms with Crippen molar-refractivity contribution < 1.29 is 9.26 Å². The fourth-order valence-corrected chi connectivity index (χ4v) is 2.80. The molecule has 6 heteroatoms. The first kappa shape index (κ1) is 13.4. The van der Waals surface area contributed by atoms with Crippen LogP contribution in [0.5, 0.6) is 5.75 Å². The largest absolute Gasteiger partial charge is 0.496 e. The summed E-state index contributed by atoms with van der Waals surface area (Å²) in [6, 6.07) is 5.44. The van der Waals surface area contributed by atoms with E-state index in [0.717, 1.165) is 24.8 Å². The molecule has 1 saturated carbocycles. The minimum atomic E-state index is 0.107. The van der Waals surface area contributed by atoms with Crippen molar-refractivity contribution >= 4 is 11.6 Å². The molecule has 0 saturated heterocycles. The highest BCUT2D eigenvalue weighted by Crippen LogP contribution is 2.35. The molecule has 1 aliphatic carbocycles. The van der Waals surface area contributed by atoms with Gasteiger partial charge in [0.15, 0.2) is 0 Å². The maximum Gasteiger partial charge on any atom is 0.231 e. The summed E-state index contributed by atoms with van der Waals surface area (Å²) in [4.78, 5) is 4.47. The van der Waals surface area contributed by atoms with Gasteiger partial charge in [-0.3, -0.25) is 0 Å². The molecule has 0 radical (unpaired) electrons. The van der Waals surface area contributed by atoms with Crippen LogP contribution in [0.4, 0.5) is 0 Å². The number of nitrogens with two attached hydrogens (primary N) is 1. The van der Waals surface area contributed by atoms with E-state index in [2.05, 4.69) is 10.1 Å². The van der Waals surface area contributed by atoms with E-state index >= 15 is 0 Å². The van der Waals surface area contributed by atoms with Crippen LogP contribution in [0, 0.1) is 0 Å². The summed E-state index contributed by atoms with van der Waals surface area (Å²) in [6.07, 6.45) is 3.11. The first-order valence-electron chi connectivity index (χ1n) is 6.62. The van der Waals surface area contributed by atoms with E-state index in [9.17, 15) is 0 Å². The molecule has 2 aromatic rings. The number of hydrogen-bond donors (Lipinski definition) is 1. The predicted molar refractivity (Wildman–Crippen MR) is 75.9 cm³/mol. The molecule has 1 aliphatic rings. The predicted octanol–water partition coefficient (Wildman–Crippen LogP) is 2.99. The lowest BCUT2D eigenvalue weighted by Gasteiger charge is -2.09. The van der Waals surface area contributed by atoms with Gasteiger partial charge in [0.1, 0.15) is 5.75 Å². The Morgan fingerprint density at radius 1 is 1.40 bits per heavy atom. The van der Waals surface area contributed by atoms with Gasteiger partial charge in [0.05, 0.1) is 18.6 Å². The molecule has 2 atom stereocenters. The zero-order valence-corrected chi connectivity index (χ0v) is 11.9. The molecule has 20 heavy (non-hydrogen) atoms. The molecule has 5 nitrogen and oxygen atoms in total. The van der Waals surface area contributed by atoms with Crippen molar-refractivity contribution in [2.24, 2.45) is 5.73 Å². The quantitative estimate of drug-likeness (QED) is 0.941. The molecule has 0 aliphatic heterocycles. The number of benzene rings is 1. The van der Waals surface area contributed by atoms with Gasteiger partial charge in [-0.2, -0.15) is 4.98 Å². The Morgan fingerprint density at radius 3 is 2.95 bits per heavy atom. The average Bonchev–Trinajstić information content (AvgIpc) is 3.07.